The van der Waals surface area contributed by atoms with Crippen LogP contribution in [0, 0.1) is 16.0 Å². The predicted octanol–water partition coefficient (Wildman–Crippen LogP) is -0.259. The summed E-state index contributed by atoms with van der Waals surface area (Å²) >= 11 is 0. The monoisotopic (exact) mass is 282 g/mol. The summed E-state index contributed by atoms with van der Waals surface area (Å²) in [5.74, 6) is -0.405. The van der Waals surface area contributed by atoms with Crippen molar-refractivity contribution in [3.8, 4) is 0 Å². The molecular weight excluding hydrogens is 264 g/mol. The molecule has 7 heteroatoms. The normalized spacial score (nSPS) is 27.4. The second kappa shape index (κ2) is 6.27. The van der Waals surface area contributed by atoms with Gasteiger partial charge in [0.05, 0.1) is 17.1 Å². The van der Waals surface area contributed by atoms with Gasteiger partial charge >= 0.3 is 0 Å². The van der Waals surface area contributed by atoms with E-state index in [0.29, 0.717) is 13.1 Å². The number of non-ortho nitro benzene ring substituents is 1. The van der Waals surface area contributed by atoms with Gasteiger partial charge in [-0.15, -0.1) is 0 Å². The van der Waals surface area contributed by atoms with Gasteiger partial charge in [0.2, 0.25) is 0 Å². The van der Waals surface area contributed by atoms with Crippen molar-refractivity contribution < 1.29 is 20.2 Å². The van der Waals surface area contributed by atoms with Crippen molar-refractivity contribution in [2.75, 3.05) is 19.7 Å². The number of nitro groups is 1. The summed E-state index contributed by atoms with van der Waals surface area (Å²) < 4.78 is 0. The number of likely N-dealkylation sites (tertiary alicyclic amines) is 1. The van der Waals surface area contributed by atoms with Crippen LogP contribution in [0.25, 0.3) is 0 Å². The zero-order valence-corrected chi connectivity index (χ0v) is 10.9. The van der Waals surface area contributed by atoms with E-state index in [0.717, 1.165) is 5.56 Å². The molecule has 0 unspecified atom stereocenters. The molecule has 1 saturated heterocycles. The summed E-state index contributed by atoms with van der Waals surface area (Å²) in [5.41, 5.74) is 0.790. The molecule has 20 heavy (non-hydrogen) atoms. The van der Waals surface area contributed by atoms with Crippen LogP contribution in [0.3, 0.4) is 0 Å². The van der Waals surface area contributed by atoms with Gasteiger partial charge < -0.3 is 15.3 Å². The van der Waals surface area contributed by atoms with E-state index in [2.05, 4.69) is 0 Å². The molecule has 0 saturated carbocycles. The first-order valence-electron chi connectivity index (χ1n) is 6.44. The van der Waals surface area contributed by atoms with E-state index in [1.54, 1.807) is 12.1 Å². The highest BCUT2D eigenvalue weighted by atomic mass is 16.6. The Kier molecular flexibility index (Phi) is 4.66. The number of aliphatic hydroxyl groups is 3. The zero-order valence-electron chi connectivity index (χ0n) is 10.9. The van der Waals surface area contributed by atoms with Crippen LogP contribution in [-0.2, 0) is 6.54 Å². The lowest BCUT2D eigenvalue weighted by Gasteiger charge is -2.38. The van der Waals surface area contributed by atoms with Gasteiger partial charge in [0.1, 0.15) is 0 Å². The summed E-state index contributed by atoms with van der Waals surface area (Å²) in [6.45, 7) is 0.948. The fourth-order valence-electron chi connectivity index (χ4n) is 2.52. The van der Waals surface area contributed by atoms with Crippen LogP contribution in [0.15, 0.2) is 24.3 Å². The first kappa shape index (κ1) is 14.9. The third-order valence-electron chi connectivity index (χ3n) is 3.58. The summed E-state index contributed by atoms with van der Waals surface area (Å²) in [7, 11) is 0. The standard InChI is InChI=1S/C13H18N2O5/c16-8-10-6-14(7-12(17)13(10)18)5-9-2-1-3-11(4-9)15(19)20/h1-4,10,12-13,16-18H,5-8H2/t10-,12-,13-/m1/s1. The number of benzene rings is 1. The van der Waals surface area contributed by atoms with Crippen LogP contribution in [-0.4, -0.2) is 57.0 Å². The molecule has 0 bridgehead atoms. The molecule has 0 amide bonds. The summed E-state index contributed by atoms with van der Waals surface area (Å²) in [4.78, 5) is 12.1. The number of rotatable bonds is 4. The van der Waals surface area contributed by atoms with Crippen molar-refractivity contribution >= 4 is 5.69 Å². The van der Waals surface area contributed by atoms with E-state index in [-0.39, 0.29) is 18.8 Å². The smallest absolute Gasteiger partial charge is 0.269 e. The Hall–Kier alpha value is -1.54. The van der Waals surface area contributed by atoms with Gasteiger partial charge in [-0.3, -0.25) is 15.0 Å². The van der Waals surface area contributed by atoms with Gasteiger partial charge in [-0.1, -0.05) is 12.1 Å². The number of β-amino-alcohol motifs (C(OH)–C–C–N with tert-alkyl or cyclic N) is 1. The highest BCUT2D eigenvalue weighted by Crippen LogP contribution is 2.21. The van der Waals surface area contributed by atoms with Gasteiger partial charge in [0.25, 0.3) is 5.69 Å². The highest BCUT2D eigenvalue weighted by molar-refractivity contribution is 5.34. The maximum Gasteiger partial charge on any atom is 0.269 e. The first-order valence-corrected chi connectivity index (χ1v) is 6.44. The number of piperidine rings is 1. The molecule has 0 aromatic heterocycles. The highest BCUT2D eigenvalue weighted by Gasteiger charge is 2.34. The molecule has 1 fully saturated rings. The van der Waals surface area contributed by atoms with Crippen molar-refractivity contribution in [2.45, 2.75) is 18.8 Å². The van der Waals surface area contributed by atoms with Crippen LogP contribution in [0.5, 0.6) is 0 Å². The number of nitro benzene ring substituents is 1. The summed E-state index contributed by atoms with van der Waals surface area (Å²) in [6, 6.07) is 6.31. The largest absolute Gasteiger partial charge is 0.396 e. The summed E-state index contributed by atoms with van der Waals surface area (Å²) in [6.07, 6.45) is -1.85. The lowest BCUT2D eigenvalue weighted by atomic mass is 9.93. The van der Waals surface area contributed by atoms with E-state index in [1.165, 1.54) is 12.1 Å². The molecule has 110 valence electrons. The van der Waals surface area contributed by atoms with Crippen molar-refractivity contribution in [2.24, 2.45) is 5.92 Å². The quantitative estimate of drug-likeness (QED) is 0.519. The van der Waals surface area contributed by atoms with Crippen molar-refractivity contribution in [1.82, 2.24) is 4.90 Å². The van der Waals surface area contributed by atoms with E-state index < -0.39 is 23.0 Å². The second-order valence-corrected chi connectivity index (χ2v) is 5.12. The lowest BCUT2D eigenvalue weighted by molar-refractivity contribution is -0.384. The molecule has 1 aliphatic rings. The van der Waals surface area contributed by atoms with Crippen LogP contribution < -0.4 is 0 Å². The molecule has 1 aromatic carbocycles. The average Bonchev–Trinajstić information content (AvgIpc) is 2.43. The Bertz CT molecular complexity index is 482. The molecule has 0 aliphatic carbocycles. The number of aliphatic hydroxyl groups excluding tert-OH is 3. The SMILES string of the molecule is O=[N+]([O-])c1cccc(CN2C[C@H](CO)[C@@H](O)[C@H](O)C2)c1. The zero-order chi connectivity index (χ0) is 14.7. The molecule has 1 heterocycles. The second-order valence-electron chi connectivity index (χ2n) is 5.12. The molecule has 1 aliphatic heterocycles. The maximum atomic E-state index is 10.7. The van der Waals surface area contributed by atoms with Gasteiger partial charge in [-0.05, 0) is 5.56 Å². The maximum absolute atomic E-state index is 10.7. The van der Waals surface area contributed by atoms with Crippen molar-refractivity contribution in [3.63, 3.8) is 0 Å². The Morgan fingerprint density at radius 1 is 1.35 bits per heavy atom. The lowest BCUT2D eigenvalue weighted by Crippen LogP contribution is -2.53. The number of hydrogen-bond donors (Lipinski definition) is 3. The van der Waals surface area contributed by atoms with Crippen LogP contribution in [0.2, 0.25) is 0 Å². The molecule has 7 nitrogen and oxygen atoms in total. The van der Waals surface area contributed by atoms with Gasteiger partial charge in [0.15, 0.2) is 0 Å². The number of hydrogen-bond acceptors (Lipinski definition) is 6. The Balaban J connectivity index is 2.06. The predicted molar refractivity (Wildman–Crippen MR) is 71.0 cm³/mol. The molecule has 0 radical (unpaired) electrons. The van der Waals surface area contributed by atoms with Gasteiger partial charge in [0, 0.05) is 44.3 Å². The first-order chi connectivity index (χ1) is 9.51. The van der Waals surface area contributed by atoms with Crippen LogP contribution in [0.1, 0.15) is 5.56 Å². The van der Waals surface area contributed by atoms with Gasteiger partial charge in [-0.2, -0.15) is 0 Å². The Morgan fingerprint density at radius 2 is 2.10 bits per heavy atom. The molecule has 3 N–H and O–H groups in total. The number of nitrogens with zero attached hydrogens (tertiary/aromatic N) is 2. The minimum atomic E-state index is -0.929. The molecule has 3 atom stereocenters. The minimum Gasteiger partial charge on any atom is -0.396 e. The third kappa shape index (κ3) is 3.31. The Labute approximate surface area is 116 Å². The third-order valence-corrected chi connectivity index (χ3v) is 3.58. The van der Waals surface area contributed by atoms with E-state index in [9.17, 15) is 25.4 Å². The van der Waals surface area contributed by atoms with Crippen LogP contribution >= 0.6 is 0 Å². The van der Waals surface area contributed by atoms with E-state index in [1.807, 2.05) is 4.90 Å². The molecule has 2 rings (SSSR count). The molecule has 1 aromatic rings. The van der Waals surface area contributed by atoms with Crippen molar-refractivity contribution in [3.05, 3.63) is 39.9 Å². The average molecular weight is 282 g/mol. The fraction of sp³-hybridized carbons (Fsp3) is 0.538. The fourth-order valence-corrected chi connectivity index (χ4v) is 2.52. The van der Waals surface area contributed by atoms with Crippen LogP contribution in [0.4, 0.5) is 5.69 Å². The van der Waals surface area contributed by atoms with E-state index in [4.69, 9.17) is 0 Å². The molecule has 0 spiro atoms. The summed E-state index contributed by atoms with van der Waals surface area (Å²) in [5, 5.41) is 39.4. The topological polar surface area (TPSA) is 107 Å². The Morgan fingerprint density at radius 3 is 2.75 bits per heavy atom. The molecular formula is C13H18N2O5. The van der Waals surface area contributed by atoms with Crippen molar-refractivity contribution in [1.29, 1.82) is 0 Å². The minimum absolute atomic E-state index is 0.0267. The van der Waals surface area contributed by atoms with E-state index >= 15 is 0 Å². The van der Waals surface area contributed by atoms with Gasteiger partial charge in [-0.25, -0.2) is 0 Å².